The lowest BCUT2D eigenvalue weighted by Gasteiger charge is -1.95. The van der Waals surface area contributed by atoms with Gasteiger partial charge in [-0.15, -0.1) is 0 Å². The van der Waals surface area contributed by atoms with E-state index in [-0.39, 0.29) is 0 Å². The number of hydrogen-bond acceptors (Lipinski definition) is 2. The highest BCUT2D eigenvalue weighted by Gasteiger charge is 2.08. The third-order valence-electron chi connectivity index (χ3n) is 2.20. The summed E-state index contributed by atoms with van der Waals surface area (Å²) in [6, 6.07) is 4.04. The number of nitrogens with zero attached hydrogens (tertiary/aromatic N) is 1. The van der Waals surface area contributed by atoms with Crippen LogP contribution in [-0.4, -0.2) is 6.73 Å². The van der Waals surface area contributed by atoms with Gasteiger partial charge < -0.3 is 4.74 Å². The predicted octanol–water partition coefficient (Wildman–Crippen LogP) is 0.463. The van der Waals surface area contributed by atoms with Crippen molar-refractivity contribution >= 4 is 12.2 Å². The molecule has 0 N–H and O–H groups in total. The summed E-state index contributed by atoms with van der Waals surface area (Å²) in [6.45, 7) is 0.472. The molecule has 2 nitrogen and oxygen atoms in total. The molecule has 1 aromatic rings. The van der Waals surface area contributed by atoms with Crippen LogP contribution in [0.5, 0.6) is 5.75 Å². The van der Waals surface area contributed by atoms with E-state index in [1.165, 1.54) is 10.8 Å². The zero-order valence-corrected chi connectivity index (χ0v) is 6.45. The minimum absolute atomic E-state index is 0.472. The van der Waals surface area contributed by atoms with Crippen molar-refractivity contribution in [2.75, 3.05) is 6.73 Å². The van der Waals surface area contributed by atoms with E-state index in [4.69, 9.17) is 4.74 Å². The Morgan fingerprint density at radius 3 is 3.33 bits per heavy atom. The molecule has 0 fully saturated rings. The van der Waals surface area contributed by atoms with E-state index in [0.29, 0.717) is 6.73 Å². The largest absolute Gasteiger partial charge is 0.469 e. The quantitative estimate of drug-likeness (QED) is 0.536. The lowest BCUT2D eigenvalue weighted by molar-refractivity contribution is 0.352. The molecule has 0 spiro atoms. The fourth-order valence-corrected chi connectivity index (χ4v) is 1.62. The molecule has 1 aromatic carbocycles. The van der Waals surface area contributed by atoms with Crippen molar-refractivity contribution in [1.29, 1.82) is 0 Å². The minimum atomic E-state index is 0.472. The highest BCUT2D eigenvalue weighted by molar-refractivity contribution is 5.67. The second-order valence-electron chi connectivity index (χ2n) is 2.87. The van der Waals surface area contributed by atoms with Crippen molar-refractivity contribution in [2.24, 2.45) is 4.99 Å². The van der Waals surface area contributed by atoms with E-state index in [2.05, 4.69) is 23.2 Å². The van der Waals surface area contributed by atoms with Gasteiger partial charge in [-0.3, -0.25) is 0 Å². The van der Waals surface area contributed by atoms with Crippen LogP contribution < -0.4 is 15.3 Å². The van der Waals surface area contributed by atoms with Crippen LogP contribution in [0.3, 0.4) is 0 Å². The first kappa shape index (κ1) is 6.00. The number of fused-ring (bicyclic) bond motifs is 3. The number of allylic oxidation sites excluding steroid dienone is 1. The molecule has 1 aliphatic carbocycles. The zero-order valence-electron chi connectivity index (χ0n) is 6.45. The Balaban J connectivity index is 2.54. The SMILES string of the molecule is C1=Cc2ccc3c(c2=C1)=NCO3. The summed E-state index contributed by atoms with van der Waals surface area (Å²) in [5.74, 6) is 0.911. The Labute approximate surface area is 69.5 Å². The zero-order chi connectivity index (χ0) is 7.97. The molecule has 2 heteroatoms. The van der Waals surface area contributed by atoms with Gasteiger partial charge in [-0.1, -0.05) is 24.3 Å². The minimum Gasteiger partial charge on any atom is -0.469 e. The molecule has 12 heavy (non-hydrogen) atoms. The van der Waals surface area contributed by atoms with E-state index in [9.17, 15) is 0 Å². The van der Waals surface area contributed by atoms with E-state index in [1.54, 1.807) is 0 Å². The fourth-order valence-electron chi connectivity index (χ4n) is 1.62. The van der Waals surface area contributed by atoms with Gasteiger partial charge in [0.15, 0.2) is 6.73 Å². The molecule has 58 valence electrons. The Morgan fingerprint density at radius 2 is 2.33 bits per heavy atom. The van der Waals surface area contributed by atoms with Crippen molar-refractivity contribution in [3.05, 3.63) is 34.3 Å². The second kappa shape index (κ2) is 1.97. The first-order valence-corrected chi connectivity index (χ1v) is 3.94. The van der Waals surface area contributed by atoms with Crippen LogP contribution in [0.1, 0.15) is 5.56 Å². The summed E-state index contributed by atoms with van der Waals surface area (Å²) in [5.41, 5.74) is 1.24. The highest BCUT2D eigenvalue weighted by Crippen LogP contribution is 2.09. The van der Waals surface area contributed by atoms with Crippen LogP contribution >= 0.6 is 0 Å². The lowest BCUT2D eigenvalue weighted by atomic mass is 10.2. The topological polar surface area (TPSA) is 21.6 Å². The Morgan fingerprint density at radius 1 is 1.33 bits per heavy atom. The van der Waals surface area contributed by atoms with Gasteiger partial charge in [0.2, 0.25) is 0 Å². The van der Waals surface area contributed by atoms with Crippen molar-refractivity contribution in [3.63, 3.8) is 0 Å². The molecule has 0 saturated carbocycles. The van der Waals surface area contributed by atoms with Gasteiger partial charge in [0.05, 0.1) is 0 Å². The summed E-state index contributed by atoms with van der Waals surface area (Å²) >= 11 is 0. The Kier molecular flexibility index (Phi) is 0.987. The maximum atomic E-state index is 5.31. The van der Waals surface area contributed by atoms with Gasteiger partial charge in [-0.25, -0.2) is 4.99 Å². The first-order chi connectivity index (χ1) is 5.95. The number of rotatable bonds is 0. The molecule has 0 aromatic heterocycles. The summed E-state index contributed by atoms with van der Waals surface area (Å²) in [5, 5.41) is 2.21. The van der Waals surface area contributed by atoms with E-state index in [0.717, 1.165) is 11.1 Å². The molecule has 0 amide bonds. The van der Waals surface area contributed by atoms with Crippen LogP contribution in [0.25, 0.3) is 12.2 Å². The summed E-state index contributed by atoms with van der Waals surface area (Å²) < 4.78 is 5.31. The Bertz CT molecular complexity index is 485. The van der Waals surface area contributed by atoms with Crippen LogP contribution in [0.15, 0.2) is 23.2 Å². The van der Waals surface area contributed by atoms with Crippen molar-refractivity contribution in [2.45, 2.75) is 0 Å². The molecule has 0 saturated heterocycles. The van der Waals surface area contributed by atoms with E-state index < -0.39 is 0 Å². The maximum Gasteiger partial charge on any atom is 0.180 e. The first-order valence-electron chi connectivity index (χ1n) is 3.94. The van der Waals surface area contributed by atoms with Crippen molar-refractivity contribution in [1.82, 2.24) is 0 Å². The molecule has 0 bridgehead atoms. The fraction of sp³-hybridized carbons (Fsp3) is 0.100. The van der Waals surface area contributed by atoms with Crippen LogP contribution in [-0.2, 0) is 0 Å². The van der Waals surface area contributed by atoms with Gasteiger partial charge >= 0.3 is 0 Å². The van der Waals surface area contributed by atoms with Gasteiger partial charge in [0.1, 0.15) is 11.1 Å². The van der Waals surface area contributed by atoms with E-state index in [1.807, 2.05) is 12.1 Å². The molecule has 0 atom stereocenters. The smallest absolute Gasteiger partial charge is 0.180 e. The van der Waals surface area contributed by atoms with E-state index >= 15 is 0 Å². The number of hydrogen-bond donors (Lipinski definition) is 0. The third-order valence-corrected chi connectivity index (χ3v) is 2.20. The molecule has 3 rings (SSSR count). The monoisotopic (exact) mass is 157 g/mol. The normalized spacial score (nSPS) is 16.0. The van der Waals surface area contributed by atoms with Crippen LogP contribution in [0.2, 0.25) is 0 Å². The predicted molar refractivity (Wildman–Crippen MR) is 46.2 cm³/mol. The maximum absolute atomic E-state index is 5.31. The average Bonchev–Trinajstić information content (AvgIpc) is 2.71. The summed E-state index contributed by atoms with van der Waals surface area (Å²) in [4.78, 5) is 4.28. The third kappa shape index (κ3) is 0.619. The van der Waals surface area contributed by atoms with Crippen LogP contribution in [0, 0.1) is 0 Å². The molecule has 2 aliphatic rings. The number of ether oxygens (including phenoxy) is 1. The van der Waals surface area contributed by atoms with Crippen molar-refractivity contribution < 1.29 is 4.74 Å². The van der Waals surface area contributed by atoms with Gasteiger partial charge in [0, 0.05) is 5.22 Å². The molecular formula is C10H7NO. The second-order valence-corrected chi connectivity index (χ2v) is 2.87. The van der Waals surface area contributed by atoms with Gasteiger partial charge in [-0.05, 0) is 11.6 Å². The average molecular weight is 157 g/mol. The van der Waals surface area contributed by atoms with Crippen LogP contribution in [0.4, 0.5) is 0 Å². The molecular weight excluding hydrogens is 150 g/mol. The molecule has 1 heterocycles. The highest BCUT2D eigenvalue weighted by atomic mass is 16.5. The molecule has 0 radical (unpaired) electrons. The Hall–Kier alpha value is -1.57. The van der Waals surface area contributed by atoms with Gasteiger partial charge in [0.25, 0.3) is 0 Å². The molecule has 1 aliphatic heterocycles. The molecule has 0 unspecified atom stereocenters. The standard InChI is InChI=1S/C10H7NO/c1-2-7-4-5-9-10(8(7)3-1)11-6-12-9/h1-5H,6H2. The summed E-state index contributed by atoms with van der Waals surface area (Å²) in [6.07, 6.45) is 6.20. The lowest BCUT2D eigenvalue weighted by Crippen LogP contribution is -2.24. The summed E-state index contributed by atoms with van der Waals surface area (Å²) in [7, 11) is 0. The van der Waals surface area contributed by atoms with Gasteiger partial charge in [-0.2, -0.15) is 0 Å². The number of benzene rings is 1. The van der Waals surface area contributed by atoms with Crippen molar-refractivity contribution in [3.8, 4) is 5.75 Å².